The molecule has 0 aromatic heterocycles. The molecule has 0 amide bonds. The molecule has 0 aliphatic carbocycles. The van der Waals surface area contributed by atoms with E-state index >= 15 is 0 Å². The van der Waals surface area contributed by atoms with Crippen molar-refractivity contribution in [3.63, 3.8) is 0 Å². The summed E-state index contributed by atoms with van der Waals surface area (Å²) in [6.07, 6.45) is 7.81. The summed E-state index contributed by atoms with van der Waals surface area (Å²) in [7, 11) is 0. The minimum Gasteiger partial charge on any atom is -0.376 e. The molecule has 2 rings (SSSR count). The maximum atomic E-state index is 5.58. The molecular formula is C16H21N3O. The summed E-state index contributed by atoms with van der Waals surface area (Å²) in [5.41, 5.74) is 1.17. The standard InChI is InChI=1S/C16H21N3O/c1-2-10-17-16(19-13-15-9-6-11-20-15)18-12-14-7-4-3-5-8-14/h1,3-5,7-8,15H,6,9-13H2,(H2,17,18,19). The molecule has 20 heavy (non-hydrogen) atoms. The molecule has 1 aliphatic rings. The van der Waals surface area contributed by atoms with E-state index in [1.165, 1.54) is 5.56 Å². The lowest BCUT2D eigenvalue weighted by Crippen LogP contribution is -2.41. The highest BCUT2D eigenvalue weighted by atomic mass is 16.5. The van der Waals surface area contributed by atoms with Crippen molar-refractivity contribution < 1.29 is 4.74 Å². The molecule has 0 radical (unpaired) electrons. The number of nitrogens with one attached hydrogen (secondary N) is 2. The first-order valence-corrected chi connectivity index (χ1v) is 6.99. The van der Waals surface area contributed by atoms with Gasteiger partial charge in [0.1, 0.15) is 0 Å². The van der Waals surface area contributed by atoms with Crippen molar-refractivity contribution in [2.75, 3.05) is 19.7 Å². The van der Waals surface area contributed by atoms with Crippen LogP contribution in [0, 0.1) is 12.3 Å². The quantitative estimate of drug-likeness (QED) is 0.485. The van der Waals surface area contributed by atoms with Crippen LogP contribution in [0.5, 0.6) is 0 Å². The van der Waals surface area contributed by atoms with Gasteiger partial charge >= 0.3 is 0 Å². The van der Waals surface area contributed by atoms with Gasteiger partial charge in [-0.3, -0.25) is 0 Å². The number of benzene rings is 1. The van der Waals surface area contributed by atoms with Crippen molar-refractivity contribution in [1.82, 2.24) is 10.6 Å². The molecule has 106 valence electrons. The van der Waals surface area contributed by atoms with Gasteiger partial charge in [0.05, 0.1) is 19.2 Å². The lowest BCUT2D eigenvalue weighted by atomic mass is 10.2. The van der Waals surface area contributed by atoms with Crippen LogP contribution in [0.2, 0.25) is 0 Å². The molecule has 1 saturated heterocycles. The molecule has 1 unspecified atom stereocenters. The van der Waals surface area contributed by atoms with E-state index in [1.54, 1.807) is 0 Å². The number of hydrogen-bond donors (Lipinski definition) is 2. The van der Waals surface area contributed by atoms with Crippen molar-refractivity contribution in [2.24, 2.45) is 4.99 Å². The highest BCUT2D eigenvalue weighted by Crippen LogP contribution is 2.10. The van der Waals surface area contributed by atoms with E-state index in [0.717, 1.165) is 32.0 Å². The lowest BCUT2D eigenvalue weighted by Gasteiger charge is -2.14. The highest BCUT2D eigenvalue weighted by molar-refractivity contribution is 5.80. The van der Waals surface area contributed by atoms with Gasteiger partial charge in [-0.15, -0.1) is 6.42 Å². The van der Waals surface area contributed by atoms with Crippen LogP contribution in [-0.2, 0) is 11.3 Å². The maximum absolute atomic E-state index is 5.58. The van der Waals surface area contributed by atoms with Gasteiger partial charge in [-0.05, 0) is 18.4 Å². The van der Waals surface area contributed by atoms with Crippen molar-refractivity contribution in [2.45, 2.75) is 25.5 Å². The Morgan fingerprint density at radius 1 is 1.35 bits per heavy atom. The Morgan fingerprint density at radius 2 is 2.20 bits per heavy atom. The number of rotatable bonds is 5. The van der Waals surface area contributed by atoms with Crippen molar-refractivity contribution in [3.8, 4) is 12.3 Å². The summed E-state index contributed by atoms with van der Waals surface area (Å²) < 4.78 is 5.58. The van der Waals surface area contributed by atoms with Crippen LogP contribution in [0.4, 0.5) is 0 Å². The van der Waals surface area contributed by atoms with Crippen LogP contribution in [0.25, 0.3) is 0 Å². The van der Waals surface area contributed by atoms with Gasteiger partial charge < -0.3 is 15.4 Å². The molecule has 0 bridgehead atoms. The molecule has 2 N–H and O–H groups in total. The van der Waals surface area contributed by atoms with E-state index in [9.17, 15) is 0 Å². The Labute approximate surface area is 120 Å². The second kappa shape index (κ2) is 8.23. The fourth-order valence-electron chi connectivity index (χ4n) is 2.08. The second-order valence-corrected chi connectivity index (χ2v) is 4.72. The normalized spacial score (nSPS) is 18.6. The molecular weight excluding hydrogens is 250 g/mol. The Bertz CT molecular complexity index is 458. The molecule has 1 aromatic rings. The number of ether oxygens (including phenoxy) is 1. The smallest absolute Gasteiger partial charge is 0.192 e. The molecule has 0 spiro atoms. The Balaban J connectivity index is 1.86. The van der Waals surface area contributed by atoms with Crippen molar-refractivity contribution >= 4 is 5.96 Å². The number of aliphatic imine (C=N–C) groups is 1. The van der Waals surface area contributed by atoms with Gasteiger partial charge in [-0.1, -0.05) is 36.3 Å². The SMILES string of the molecule is C#CCNC(=NCc1ccccc1)NCC1CCCO1. The average Bonchev–Trinajstić information content (AvgIpc) is 3.01. The fraction of sp³-hybridized carbons (Fsp3) is 0.438. The molecule has 4 heteroatoms. The van der Waals surface area contributed by atoms with Crippen LogP contribution in [0.15, 0.2) is 35.3 Å². The number of guanidine groups is 1. The lowest BCUT2D eigenvalue weighted by molar-refractivity contribution is 0.114. The molecule has 0 saturated carbocycles. The van der Waals surface area contributed by atoms with Crippen LogP contribution >= 0.6 is 0 Å². The highest BCUT2D eigenvalue weighted by Gasteiger charge is 2.15. The van der Waals surface area contributed by atoms with E-state index in [2.05, 4.69) is 33.7 Å². The number of terminal acetylenes is 1. The van der Waals surface area contributed by atoms with Crippen molar-refractivity contribution in [3.05, 3.63) is 35.9 Å². The third-order valence-corrected chi connectivity index (χ3v) is 3.14. The first-order chi connectivity index (χ1) is 9.88. The summed E-state index contributed by atoms with van der Waals surface area (Å²) in [5.74, 6) is 3.30. The fourth-order valence-corrected chi connectivity index (χ4v) is 2.08. The summed E-state index contributed by atoms with van der Waals surface area (Å²) in [4.78, 5) is 4.54. The third-order valence-electron chi connectivity index (χ3n) is 3.14. The topological polar surface area (TPSA) is 45.7 Å². The first kappa shape index (κ1) is 14.4. The van der Waals surface area contributed by atoms with Gasteiger partial charge in [0.25, 0.3) is 0 Å². The predicted molar refractivity (Wildman–Crippen MR) is 81.4 cm³/mol. The zero-order chi connectivity index (χ0) is 14.0. The Morgan fingerprint density at radius 3 is 2.90 bits per heavy atom. The van der Waals surface area contributed by atoms with Crippen LogP contribution in [-0.4, -0.2) is 31.8 Å². The largest absolute Gasteiger partial charge is 0.376 e. The monoisotopic (exact) mass is 271 g/mol. The van der Waals surface area contributed by atoms with Crippen LogP contribution < -0.4 is 10.6 Å². The van der Waals surface area contributed by atoms with E-state index in [0.29, 0.717) is 13.1 Å². The van der Waals surface area contributed by atoms with Gasteiger partial charge in [0.2, 0.25) is 0 Å². The van der Waals surface area contributed by atoms with Crippen molar-refractivity contribution in [1.29, 1.82) is 0 Å². The van der Waals surface area contributed by atoms with E-state index in [4.69, 9.17) is 11.2 Å². The maximum Gasteiger partial charge on any atom is 0.192 e. The number of hydrogen-bond acceptors (Lipinski definition) is 2. The predicted octanol–water partition coefficient (Wildman–Crippen LogP) is 1.53. The first-order valence-electron chi connectivity index (χ1n) is 6.99. The summed E-state index contributed by atoms with van der Waals surface area (Å²) in [5, 5.41) is 6.40. The molecule has 1 aliphatic heterocycles. The zero-order valence-electron chi connectivity index (χ0n) is 11.6. The number of nitrogens with zero attached hydrogens (tertiary/aromatic N) is 1. The summed E-state index contributed by atoms with van der Waals surface area (Å²) >= 11 is 0. The van der Waals surface area contributed by atoms with E-state index < -0.39 is 0 Å². The van der Waals surface area contributed by atoms with Gasteiger partial charge in [-0.2, -0.15) is 0 Å². The molecule has 1 atom stereocenters. The third kappa shape index (κ3) is 4.94. The van der Waals surface area contributed by atoms with Crippen LogP contribution in [0.1, 0.15) is 18.4 Å². The summed E-state index contributed by atoms with van der Waals surface area (Å²) in [6, 6.07) is 10.1. The van der Waals surface area contributed by atoms with Gasteiger partial charge in [0, 0.05) is 13.2 Å². The molecule has 1 heterocycles. The van der Waals surface area contributed by atoms with Crippen LogP contribution in [0.3, 0.4) is 0 Å². The average molecular weight is 271 g/mol. The Kier molecular flexibility index (Phi) is 5.94. The van der Waals surface area contributed by atoms with Gasteiger partial charge in [0.15, 0.2) is 5.96 Å². The summed E-state index contributed by atoms with van der Waals surface area (Å²) in [6.45, 7) is 2.73. The molecule has 1 aromatic carbocycles. The molecule has 1 fully saturated rings. The second-order valence-electron chi connectivity index (χ2n) is 4.72. The molecule has 4 nitrogen and oxygen atoms in total. The van der Waals surface area contributed by atoms with E-state index in [1.807, 2.05) is 18.2 Å². The minimum absolute atomic E-state index is 0.282. The van der Waals surface area contributed by atoms with E-state index in [-0.39, 0.29) is 6.10 Å². The zero-order valence-corrected chi connectivity index (χ0v) is 11.6. The van der Waals surface area contributed by atoms with Gasteiger partial charge in [-0.25, -0.2) is 4.99 Å². The Hall–Kier alpha value is -1.99. The minimum atomic E-state index is 0.282.